The second kappa shape index (κ2) is 8.97. The van der Waals surface area contributed by atoms with Crippen molar-refractivity contribution >= 4 is 22.9 Å². The van der Waals surface area contributed by atoms with Crippen LogP contribution >= 0.6 is 0 Å². The fraction of sp³-hybridized carbons (Fsp3) is 0.500. The molecule has 0 aliphatic rings. The van der Waals surface area contributed by atoms with E-state index in [0.717, 1.165) is 28.9 Å². The minimum Gasteiger partial charge on any atom is -0.456 e. The molecule has 0 radical (unpaired) electrons. The van der Waals surface area contributed by atoms with Crippen LogP contribution in [0.25, 0.3) is 11.2 Å². The van der Waals surface area contributed by atoms with Crippen LogP contribution in [0.4, 0.5) is 0 Å². The Kier molecular flexibility index (Phi) is 6.52. The van der Waals surface area contributed by atoms with Crippen LogP contribution in [0.15, 0.2) is 22.0 Å². The van der Waals surface area contributed by atoms with Crippen molar-refractivity contribution in [1.29, 1.82) is 0 Å². The molecule has 0 spiro atoms. The van der Waals surface area contributed by atoms with Crippen LogP contribution in [0.5, 0.6) is 0 Å². The molecule has 3 heterocycles. The van der Waals surface area contributed by atoms with E-state index in [1.807, 2.05) is 19.9 Å². The minimum atomic E-state index is -0.679. The number of hydrogen-bond donors (Lipinski definition) is 0. The number of esters is 1. The van der Waals surface area contributed by atoms with Gasteiger partial charge in [0.25, 0.3) is 5.56 Å². The van der Waals surface area contributed by atoms with E-state index in [0.29, 0.717) is 11.5 Å². The van der Waals surface area contributed by atoms with Crippen LogP contribution < -0.4 is 11.2 Å². The van der Waals surface area contributed by atoms with E-state index in [-0.39, 0.29) is 23.5 Å². The van der Waals surface area contributed by atoms with Crippen molar-refractivity contribution in [2.75, 3.05) is 6.61 Å². The van der Waals surface area contributed by atoms with Gasteiger partial charge in [0.15, 0.2) is 17.8 Å². The fourth-order valence-electron chi connectivity index (χ4n) is 3.74. The van der Waals surface area contributed by atoms with E-state index in [2.05, 4.69) is 23.4 Å². The monoisotopic (exact) mass is 443 g/mol. The third-order valence-electron chi connectivity index (χ3n) is 5.69. The van der Waals surface area contributed by atoms with Gasteiger partial charge in [0.1, 0.15) is 6.54 Å². The van der Waals surface area contributed by atoms with Gasteiger partial charge in [-0.1, -0.05) is 13.8 Å². The molecule has 172 valence electrons. The maximum absolute atomic E-state index is 12.7. The average molecular weight is 444 g/mol. The fourth-order valence-corrected chi connectivity index (χ4v) is 3.74. The summed E-state index contributed by atoms with van der Waals surface area (Å²) in [5.74, 6) is -0.409. The number of aryl methyl sites for hydroxylation is 2. The Morgan fingerprint density at radius 1 is 1.12 bits per heavy atom. The Morgan fingerprint density at radius 3 is 2.47 bits per heavy atom. The number of hydrogen-bond acceptors (Lipinski definition) is 6. The Bertz CT molecular complexity index is 1300. The number of nitrogens with zero attached hydrogens (tertiary/aromatic N) is 5. The van der Waals surface area contributed by atoms with E-state index in [9.17, 15) is 19.2 Å². The number of imidazole rings is 1. The smallest absolute Gasteiger partial charge is 0.332 e. The molecule has 10 nitrogen and oxygen atoms in total. The predicted molar refractivity (Wildman–Crippen MR) is 119 cm³/mol. The number of rotatable bonds is 8. The summed E-state index contributed by atoms with van der Waals surface area (Å²) in [6.07, 6.45) is 2.31. The average Bonchev–Trinajstić information content (AvgIpc) is 3.28. The summed E-state index contributed by atoms with van der Waals surface area (Å²) in [6, 6.07) is 1.82. The highest BCUT2D eigenvalue weighted by Gasteiger charge is 2.19. The van der Waals surface area contributed by atoms with Gasteiger partial charge >= 0.3 is 11.7 Å². The summed E-state index contributed by atoms with van der Waals surface area (Å²) < 4.78 is 10.8. The van der Waals surface area contributed by atoms with Crippen LogP contribution in [0.1, 0.15) is 42.0 Å². The summed E-state index contributed by atoms with van der Waals surface area (Å²) in [5, 5.41) is 0. The van der Waals surface area contributed by atoms with Crippen LogP contribution in [0.2, 0.25) is 0 Å². The molecule has 0 aliphatic carbocycles. The molecule has 10 heteroatoms. The zero-order valence-electron chi connectivity index (χ0n) is 19.3. The van der Waals surface area contributed by atoms with E-state index in [4.69, 9.17) is 4.74 Å². The van der Waals surface area contributed by atoms with Gasteiger partial charge in [-0.3, -0.25) is 23.5 Å². The molecule has 0 aliphatic heterocycles. The zero-order valence-corrected chi connectivity index (χ0v) is 19.3. The van der Waals surface area contributed by atoms with Crippen molar-refractivity contribution in [1.82, 2.24) is 23.3 Å². The number of ether oxygens (including phenoxy) is 1. The van der Waals surface area contributed by atoms with Crippen molar-refractivity contribution in [3.63, 3.8) is 0 Å². The van der Waals surface area contributed by atoms with Gasteiger partial charge < -0.3 is 13.9 Å². The lowest BCUT2D eigenvalue weighted by atomic mass is 10.1. The first-order chi connectivity index (χ1) is 15.0. The summed E-state index contributed by atoms with van der Waals surface area (Å²) in [6.45, 7) is 8.28. The van der Waals surface area contributed by atoms with Crippen molar-refractivity contribution < 1.29 is 14.3 Å². The van der Waals surface area contributed by atoms with Crippen molar-refractivity contribution in [3.05, 3.63) is 50.2 Å². The van der Waals surface area contributed by atoms with E-state index in [1.54, 1.807) is 0 Å². The maximum Gasteiger partial charge on any atom is 0.332 e. The van der Waals surface area contributed by atoms with E-state index in [1.165, 1.54) is 29.6 Å². The molecule has 0 atom stereocenters. The highest BCUT2D eigenvalue weighted by molar-refractivity contribution is 5.99. The van der Waals surface area contributed by atoms with Gasteiger partial charge in [0.2, 0.25) is 5.78 Å². The third kappa shape index (κ3) is 4.30. The zero-order chi connectivity index (χ0) is 23.7. The van der Waals surface area contributed by atoms with Gasteiger partial charge in [-0.25, -0.2) is 9.78 Å². The van der Waals surface area contributed by atoms with E-state index >= 15 is 0 Å². The molecule has 32 heavy (non-hydrogen) atoms. The van der Waals surface area contributed by atoms with Crippen LogP contribution in [0.3, 0.4) is 0 Å². The quantitative estimate of drug-likeness (QED) is 0.384. The number of Topliss-reactive ketones (excluding diaryl/α,β-unsaturated/α-hetero) is 1. The van der Waals surface area contributed by atoms with Gasteiger partial charge in [-0.15, -0.1) is 0 Å². The number of carbonyl (C=O) groups excluding carboxylic acids is 2. The molecule has 0 fully saturated rings. The Morgan fingerprint density at radius 2 is 1.81 bits per heavy atom. The van der Waals surface area contributed by atoms with Crippen molar-refractivity contribution in [2.45, 2.75) is 47.2 Å². The SMILES string of the molecule is Cc1cc(C(=O)COC(=O)Cn2cnc3c2c(=O)n(C)c(=O)n3C)c(C)n1CCC(C)C. The first-order valence-electron chi connectivity index (χ1n) is 10.5. The number of carbonyl (C=O) groups is 2. The summed E-state index contributed by atoms with van der Waals surface area (Å²) in [5.41, 5.74) is 1.61. The molecule has 0 saturated carbocycles. The number of fused-ring (bicyclic) bond motifs is 1. The molecular weight excluding hydrogens is 414 g/mol. The summed E-state index contributed by atoms with van der Waals surface area (Å²) in [4.78, 5) is 53.6. The Labute approximate surface area is 185 Å². The van der Waals surface area contributed by atoms with Crippen molar-refractivity contribution in [2.24, 2.45) is 20.0 Å². The molecule has 3 aromatic rings. The van der Waals surface area contributed by atoms with Crippen LogP contribution in [-0.4, -0.2) is 41.6 Å². The van der Waals surface area contributed by atoms with Gasteiger partial charge in [-0.05, 0) is 32.3 Å². The highest BCUT2D eigenvalue weighted by atomic mass is 16.5. The molecule has 3 aromatic heterocycles. The highest BCUT2D eigenvalue weighted by Crippen LogP contribution is 2.18. The molecule has 0 aromatic carbocycles. The molecule has 3 rings (SSSR count). The molecule has 0 saturated heterocycles. The second-order valence-corrected chi connectivity index (χ2v) is 8.45. The third-order valence-corrected chi connectivity index (χ3v) is 5.69. The van der Waals surface area contributed by atoms with Gasteiger partial charge in [-0.2, -0.15) is 0 Å². The number of ketones is 1. The molecule has 0 amide bonds. The lowest BCUT2D eigenvalue weighted by Gasteiger charge is -2.11. The lowest BCUT2D eigenvalue weighted by Crippen LogP contribution is -2.37. The molecule has 0 N–H and O–H groups in total. The summed E-state index contributed by atoms with van der Waals surface area (Å²) >= 11 is 0. The van der Waals surface area contributed by atoms with E-state index < -0.39 is 23.8 Å². The normalized spacial score (nSPS) is 11.5. The van der Waals surface area contributed by atoms with Crippen LogP contribution in [-0.2, 0) is 36.7 Å². The van der Waals surface area contributed by atoms with Crippen molar-refractivity contribution in [3.8, 4) is 0 Å². The molecule has 0 bridgehead atoms. The standard InChI is InChI=1S/C22H29N5O5/c1-13(2)7-8-27-14(3)9-16(15(27)4)17(28)11-32-18(29)10-26-12-23-20-19(26)21(30)25(6)22(31)24(20)5/h9,12-13H,7-8,10-11H2,1-6H3. The first-order valence-corrected chi connectivity index (χ1v) is 10.5. The maximum atomic E-state index is 12.7. The summed E-state index contributed by atoms with van der Waals surface area (Å²) in [7, 11) is 2.85. The Balaban J connectivity index is 1.71. The lowest BCUT2D eigenvalue weighted by molar-refractivity contribution is -0.143. The predicted octanol–water partition coefficient (Wildman–Crippen LogP) is 1.32. The topological polar surface area (TPSA) is 110 Å². The molecular formula is C22H29N5O5. The second-order valence-electron chi connectivity index (χ2n) is 8.45. The largest absolute Gasteiger partial charge is 0.456 e. The van der Waals surface area contributed by atoms with Gasteiger partial charge in [0, 0.05) is 37.6 Å². The molecule has 0 unspecified atom stereocenters. The minimum absolute atomic E-state index is 0.117. The van der Waals surface area contributed by atoms with Gasteiger partial charge in [0.05, 0.1) is 6.33 Å². The Hall–Kier alpha value is -3.43. The number of aromatic nitrogens is 5. The van der Waals surface area contributed by atoms with Crippen LogP contribution in [0, 0.1) is 19.8 Å². The first kappa shape index (κ1) is 23.2.